The summed E-state index contributed by atoms with van der Waals surface area (Å²) in [7, 11) is 1.93. The van der Waals surface area contributed by atoms with Gasteiger partial charge in [-0.2, -0.15) is 13.2 Å². The summed E-state index contributed by atoms with van der Waals surface area (Å²) in [6.07, 6.45) is 1.44. The van der Waals surface area contributed by atoms with Crippen molar-refractivity contribution in [2.45, 2.75) is 24.9 Å². The van der Waals surface area contributed by atoms with Gasteiger partial charge in [-0.15, -0.1) is 11.3 Å². The third-order valence-electron chi connectivity index (χ3n) is 4.81. The fraction of sp³-hybridized carbons (Fsp3) is 0.250. The summed E-state index contributed by atoms with van der Waals surface area (Å²) in [5.74, 6) is -2.45. The van der Waals surface area contributed by atoms with Gasteiger partial charge in [0.05, 0.1) is 16.5 Å². The predicted molar refractivity (Wildman–Crippen MR) is 108 cm³/mol. The minimum Gasteiger partial charge on any atom is -0.369 e. The number of primary amides is 1. The maximum absolute atomic E-state index is 13.0. The van der Waals surface area contributed by atoms with E-state index in [-0.39, 0.29) is 10.8 Å². The molecule has 1 amide bonds. The Bertz CT molecular complexity index is 1250. The molecule has 160 valence electrons. The summed E-state index contributed by atoms with van der Waals surface area (Å²) in [5, 5.41) is 0.255. The molecule has 31 heavy (non-hydrogen) atoms. The Morgan fingerprint density at radius 2 is 2.03 bits per heavy atom. The molecule has 1 atom stereocenters. The molecule has 2 N–H and O–H groups in total. The lowest BCUT2D eigenvalue weighted by Crippen LogP contribution is -2.25. The largest absolute Gasteiger partial charge is 0.433 e. The predicted octanol–water partition coefficient (Wildman–Crippen LogP) is 3.24. The van der Waals surface area contributed by atoms with Crippen LogP contribution >= 0.6 is 11.3 Å². The number of aryl methyl sites for hydroxylation is 3. The number of aromatic nitrogens is 5. The lowest BCUT2D eigenvalue weighted by Gasteiger charge is -2.11. The van der Waals surface area contributed by atoms with Crippen LogP contribution in [-0.2, 0) is 30.9 Å². The number of nitrogens with two attached hydrogens (primary N) is 1. The number of carbonyl (C=O) groups excluding carboxylic acids is 1. The summed E-state index contributed by atoms with van der Waals surface area (Å²) in [6.45, 7) is 0. The van der Waals surface area contributed by atoms with Gasteiger partial charge in [0.25, 0.3) is 0 Å². The molecule has 3 heterocycles. The molecule has 1 aromatic carbocycles. The van der Waals surface area contributed by atoms with E-state index in [1.54, 1.807) is 6.33 Å². The molecule has 1 unspecified atom stereocenters. The molecule has 0 bridgehead atoms. The third kappa shape index (κ3) is 4.41. The number of halogens is 3. The minimum absolute atomic E-state index is 0.255. The van der Waals surface area contributed by atoms with Gasteiger partial charge < -0.3 is 10.3 Å². The highest BCUT2D eigenvalue weighted by Gasteiger charge is 2.35. The molecule has 0 radical (unpaired) electrons. The Labute approximate surface area is 178 Å². The molecule has 4 aromatic rings. The Morgan fingerprint density at radius 1 is 1.23 bits per heavy atom. The maximum atomic E-state index is 13.0. The van der Waals surface area contributed by atoms with Crippen LogP contribution in [0, 0.1) is 0 Å². The maximum Gasteiger partial charge on any atom is 0.433 e. The molecule has 0 aliphatic carbocycles. The molecular weight excluding hydrogens is 429 g/mol. The first-order valence-electron chi connectivity index (χ1n) is 9.26. The van der Waals surface area contributed by atoms with Gasteiger partial charge in [0, 0.05) is 25.1 Å². The van der Waals surface area contributed by atoms with Crippen molar-refractivity contribution in [1.29, 1.82) is 0 Å². The fourth-order valence-corrected chi connectivity index (χ4v) is 4.33. The van der Waals surface area contributed by atoms with E-state index in [1.807, 2.05) is 36.0 Å². The third-order valence-corrected chi connectivity index (χ3v) is 5.89. The molecule has 0 saturated carbocycles. The molecule has 7 nitrogen and oxygen atoms in total. The number of imidazole rings is 1. The van der Waals surface area contributed by atoms with Gasteiger partial charge in [-0.25, -0.2) is 19.9 Å². The first-order valence-corrected chi connectivity index (χ1v) is 10.1. The molecule has 0 spiro atoms. The Kier molecular flexibility index (Phi) is 5.44. The second-order valence-electron chi connectivity index (χ2n) is 6.98. The second kappa shape index (κ2) is 8.06. The van der Waals surface area contributed by atoms with Crippen molar-refractivity contribution in [3.05, 3.63) is 70.8 Å². The Hall–Kier alpha value is -3.34. The van der Waals surface area contributed by atoms with Gasteiger partial charge in [-0.3, -0.25) is 4.79 Å². The number of rotatable bonds is 6. The number of nitrogens with zero attached hydrogens (tertiary/aromatic N) is 5. The molecule has 0 fully saturated rings. The van der Waals surface area contributed by atoms with Gasteiger partial charge in [-0.1, -0.05) is 6.07 Å². The fourth-order valence-electron chi connectivity index (χ4n) is 3.19. The monoisotopic (exact) mass is 446 g/mol. The molecule has 0 saturated heterocycles. The van der Waals surface area contributed by atoms with Crippen LogP contribution in [0.2, 0.25) is 0 Å². The zero-order valence-corrected chi connectivity index (χ0v) is 17.1. The van der Waals surface area contributed by atoms with Gasteiger partial charge in [0.15, 0.2) is 0 Å². The number of benzene rings is 1. The van der Waals surface area contributed by atoms with Crippen molar-refractivity contribution < 1.29 is 18.0 Å². The van der Waals surface area contributed by atoms with E-state index in [2.05, 4.69) is 19.9 Å². The number of carbonyl (C=O) groups is 1. The first kappa shape index (κ1) is 20.9. The average Bonchev–Trinajstić information content (AvgIpc) is 3.31. The van der Waals surface area contributed by atoms with Crippen molar-refractivity contribution in [3.63, 3.8) is 0 Å². The summed E-state index contributed by atoms with van der Waals surface area (Å²) in [4.78, 5) is 28.0. The minimum atomic E-state index is -4.66. The standard InChI is InChI=1S/C20H17F3N6OS/c1-29-10-25-9-12(29)4-2-11-3-5-13-14(8-11)31-19(27-13)16(17(24)30)18-26-7-6-15(28-18)20(21,22)23/h3,5-10,16H,2,4H2,1H3,(H2,24,30). The quantitative estimate of drug-likeness (QED) is 0.490. The van der Waals surface area contributed by atoms with Crippen LogP contribution in [-0.4, -0.2) is 30.4 Å². The van der Waals surface area contributed by atoms with Crippen LogP contribution in [0.25, 0.3) is 10.2 Å². The smallest absolute Gasteiger partial charge is 0.369 e. The summed E-state index contributed by atoms with van der Waals surface area (Å²) in [5.41, 5.74) is 7.14. The number of amides is 1. The zero-order chi connectivity index (χ0) is 22.2. The van der Waals surface area contributed by atoms with Gasteiger partial charge in [0.2, 0.25) is 5.91 Å². The van der Waals surface area contributed by atoms with E-state index in [1.165, 1.54) is 11.3 Å². The summed E-state index contributed by atoms with van der Waals surface area (Å²) < 4.78 is 41.8. The van der Waals surface area contributed by atoms with Crippen LogP contribution < -0.4 is 5.73 Å². The number of alkyl halides is 3. The van der Waals surface area contributed by atoms with E-state index < -0.39 is 23.7 Å². The molecule has 4 rings (SSSR count). The molecule has 0 aliphatic rings. The van der Waals surface area contributed by atoms with Crippen LogP contribution in [0.4, 0.5) is 13.2 Å². The number of hydrogen-bond acceptors (Lipinski definition) is 6. The number of hydrogen-bond donors (Lipinski definition) is 1. The van der Waals surface area contributed by atoms with E-state index in [0.29, 0.717) is 5.52 Å². The highest BCUT2D eigenvalue weighted by Crippen LogP contribution is 2.33. The van der Waals surface area contributed by atoms with Gasteiger partial charge in [-0.05, 0) is 36.6 Å². The molecular formula is C20H17F3N6OS. The van der Waals surface area contributed by atoms with E-state index in [0.717, 1.165) is 41.1 Å². The lowest BCUT2D eigenvalue weighted by molar-refractivity contribution is -0.141. The van der Waals surface area contributed by atoms with Gasteiger partial charge >= 0.3 is 6.18 Å². The Balaban J connectivity index is 1.64. The molecule has 0 aliphatic heterocycles. The summed E-state index contributed by atoms with van der Waals surface area (Å²) in [6, 6.07) is 6.45. The highest BCUT2D eigenvalue weighted by molar-refractivity contribution is 7.18. The van der Waals surface area contributed by atoms with E-state index in [9.17, 15) is 18.0 Å². The molecule has 3 aromatic heterocycles. The van der Waals surface area contributed by atoms with Crippen LogP contribution in [0.15, 0.2) is 43.0 Å². The SMILES string of the molecule is Cn1cncc1CCc1ccc2nc(C(C(N)=O)c3nccc(C(F)(F)F)n3)sc2c1. The average molecular weight is 446 g/mol. The van der Waals surface area contributed by atoms with E-state index >= 15 is 0 Å². The van der Waals surface area contributed by atoms with Gasteiger partial charge in [0.1, 0.15) is 22.4 Å². The molecule has 11 heteroatoms. The number of fused-ring (bicyclic) bond motifs is 1. The summed E-state index contributed by atoms with van der Waals surface area (Å²) >= 11 is 1.19. The van der Waals surface area contributed by atoms with Crippen molar-refractivity contribution in [2.24, 2.45) is 12.8 Å². The van der Waals surface area contributed by atoms with Crippen molar-refractivity contribution in [1.82, 2.24) is 24.5 Å². The van der Waals surface area contributed by atoms with Crippen LogP contribution in [0.3, 0.4) is 0 Å². The second-order valence-corrected chi connectivity index (χ2v) is 8.05. The topological polar surface area (TPSA) is 99.6 Å². The van der Waals surface area contributed by atoms with Crippen LogP contribution in [0.5, 0.6) is 0 Å². The first-order chi connectivity index (χ1) is 14.7. The van der Waals surface area contributed by atoms with Crippen molar-refractivity contribution in [2.75, 3.05) is 0 Å². The Morgan fingerprint density at radius 3 is 2.71 bits per heavy atom. The lowest BCUT2D eigenvalue weighted by atomic mass is 10.1. The zero-order valence-electron chi connectivity index (χ0n) is 16.3. The van der Waals surface area contributed by atoms with Crippen molar-refractivity contribution >= 4 is 27.5 Å². The van der Waals surface area contributed by atoms with Crippen molar-refractivity contribution in [3.8, 4) is 0 Å². The normalized spacial score (nSPS) is 12.9. The van der Waals surface area contributed by atoms with E-state index in [4.69, 9.17) is 5.73 Å². The number of thiazole rings is 1. The van der Waals surface area contributed by atoms with Crippen LogP contribution in [0.1, 0.15) is 33.7 Å². The highest BCUT2D eigenvalue weighted by atomic mass is 32.1.